The lowest BCUT2D eigenvalue weighted by Gasteiger charge is -2.08. The molecule has 7 heteroatoms. The van der Waals surface area contributed by atoms with Gasteiger partial charge in [0.15, 0.2) is 0 Å². The molecule has 1 amide bonds. The van der Waals surface area contributed by atoms with Crippen molar-refractivity contribution in [2.45, 2.75) is 19.8 Å². The first-order valence-corrected chi connectivity index (χ1v) is 7.92. The average molecular weight is 458 g/mol. The van der Waals surface area contributed by atoms with Crippen LogP contribution in [0.5, 0.6) is 0 Å². The Labute approximate surface area is 136 Å². The smallest absolute Gasteiger partial charge is 0.315 e. The molecule has 0 fully saturated rings. The van der Waals surface area contributed by atoms with Gasteiger partial charge in [0.1, 0.15) is 6.42 Å². The number of carbonyl (C=O) groups is 2. The van der Waals surface area contributed by atoms with Crippen LogP contribution < -0.4 is 5.32 Å². The van der Waals surface area contributed by atoms with Crippen LogP contribution in [0.15, 0.2) is 25.6 Å². The van der Waals surface area contributed by atoms with E-state index >= 15 is 0 Å². The van der Waals surface area contributed by atoms with Crippen LogP contribution in [-0.2, 0) is 14.3 Å². The standard InChI is InChI=1S/C12H12Br3NO3/c1-2-3-19-11(18)6-10(17)16-7-4-8(13)12(15)9(14)5-7/h4-5H,2-3,6H2,1H3,(H,16,17). The normalized spacial score (nSPS) is 10.1. The van der Waals surface area contributed by atoms with Crippen LogP contribution in [-0.4, -0.2) is 18.5 Å². The molecule has 0 bridgehead atoms. The van der Waals surface area contributed by atoms with Gasteiger partial charge in [-0.15, -0.1) is 0 Å². The molecule has 0 heterocycles. The van der Waals surface area contributed by atoms with Gasteiger partial charge in [-0.1, -0.05) is 6.92 Å². The van der Waals surface area contributed by atoms with Crippen molar-refractivity contribution in [1.29, 1.82) is 0 Å². The van der Waals surface area contributed by atoms with Crippen LogP contribution in [0.25, 0.3) is 0 Å². The van der Waals surface area contributed by atoms with Crippen LogP contribution in [0.3, 0.4) is 0 Å². The van der Waals surface area contributed by atoms with E-state index in [1.807, 2.05) is 6.92 Å². The minimum Gasteiger partial charge on any atom is -0.465 e. The second-order valence-corrected chi connectivity index (χ2v) is 6.20. The second kappa shape index (κ2) is 8.01. The van der Waals surface area contributed by atoms with E-state index in [0.717, 1.165) is 19.8 Å². The lowest BCUT2D eigenvalue weighted by molar-refractivity contribution is -0.145. The fraction of sp³-hybridized carbons (Fsp3) is 0.333. The van der Waals surface area contributed by atoms with Gasteiger partial charge < -0.3 is 10.1 Å². The van der Waals surface area contributed by atoms with Crippen LogP contribution in [0, 0.1) is 0 Å². The molecular weight excluding hydrogens is 446 g/mol. The summed E-state index contributed by atoms with van der Waals surface area (Å²) in [7, 11) is 0. The first kappa shape index (κ1) is 16.7. The number of amides is 1. The molecule has 0 radical (unpaired) electrons. The van der Waals surface area contributed by atoms with Crippen molar-refractivity contribution < 1.29 is 14.3 Å². The summed E-state index contributed by atoms with van der Waals surface area (Å²) in [5.41, 5.74) is 0.593. The van der Waals surface area contributed by atoms with E-state index in [2.05, 4.69) is 53.1 Å². The predicted octanol–water partition coefficient (Wildman–Crippen LogP) is 4.26. The zero-order valence-corrected chi connectivity index (χ0v) is 14.9. The number of halogens is 3. The maximum absolute atomic E-state index is 11.6. The van der Waals surface area contributed by atoms with Crippen LogP contribution in [0.2, 0.25) is 0 Å². The number of benzene rings is 1. The third kappa shape index (κ3) is 5.62. The Balaban J connectivity index is 2.60. The molecule has 0 aromatic heterocycles. The molecule has 0 saturated carbocycles. The quantitative estimate of drug-likeness (QED) is 0.408. The number of ether oxygens (including phenoxy) is 1. The largest absolute Gasteiger partial charge is 0.465 e. The lowest BCUT2D eigenvalue weighted by Crippen LogP contribution is -2.18. The molecule has 19 heavy (non-hydrogen) atoms. The third-order valence-corrected chi connectivity index (χ3v) is 5.21. The SMILES string of the molecule is CCCOC(=O)CC(=O)Nc1cc(Br)c(Br)c(Br)c1. The number of hydrogen-bond acceptors (Lipinski definition) is 3. The lowest BCUT2D eigenvalue weighted by atomic mass is 10.3. The van der Waals surface area contributed by atoms with Gasteiger partial charge >= 0.3 is 5.97 Å². The average Bonchev–Trinajstić information content (AvgIpc) is 2.33. The molecule has 0 spiro atoms. The molecule has 1 aromatic rings. The number of carbonyl (C=O) groups excluding carboxylic acids is 2. The Kier molecular flexibility index (Phi) is 7.02. The highest BCUT2D eigenvalue weighted by Gasteiger charge is 2.12. The number of hydrogen-bond donors (Lipinski definition) is 1. The van der Waals surface area contributed by atoms with Gasteiger partial charge in [0, 0.05) is 19.1 Å². The fourth-order valence-corrected chi connectivity index (χ4v) is 2.65. The number of rotatable bonds is 5. The molecular formula is C12H12Br3NO3. The fourth-order valence-electron chi connectivity index (χ4n) is 1.23. The zero-order chi connectivity index (χ0) is 14.4. The number of anilines is 1. The van der Waals surface area contributed by atoms with Gasteiger partial charge in [-0.05, 0) is 66.3 Å². The Morgan fingerprint density at radius 1 is 1.21 bits per heavy atom. The first-order valence-electron chi connectivity index (χ1n) is 5.54. The summed E-state index contributed by atoms with van der Waals surface area (Å²) in [5, 5.41) is 2.64. The number of esters is 1. The van der Waals surface area contributed by atoms with Crippen LogP contribution >= 0.6 is 47.8 Å². The molecule has 0 aliphatic carbocycles. The van der Waals surface area contributed by atoms with E-state index in [0.29, 0.717) is 12.3 Å². The Morgan fingerprint density at radius 2 is 1.79 bits per heavy atom. The Bertz CT molecular complexity index is 468. The summed E-state index contributed by atoms with van der Waals surface area (Å²) in [6.07, 6.45) is 0.450. The predicted molar refractivity (Wildman–Crippen MR) is 84.0 cm³/mol. The Hall–Kier alpha value is -0.400. The summed E-state index contributed by atoms with van der Waals surface area (Å²) < 4.78 is 7.29. The monoisotopic (exact) mass is 455 g/mol. The topological polar surface area (TPSA) is 55.4 Å². The third-order valence-electron chi connectivity index (χ3n) is 2.04. The molecule has 1 N–H and O–H groups in total. The van der Waals surface area contributed by atoms with Crippen LogP contribution in [0.4, 0.5) is 5.69 Å². The summed E-state index contributed by atoms with van der Waals surface area (Å²) in [6, 6.07) is 3.48. The second-order valence-electron chi connectivity index (χ2n) is 3.70. The zero-order valence-electron chi connectivity index (χ0n) is 10.1. The van der Waals surface area contributed by atoms with E-state index in [1.54, 1.807) is 12.1 Å². The number of nitrogens with one attached hydrogen (secondary N) is 1. The van der Waals surface area contributed by atoms with Gasteiger partial charge in [-0.25, -0.2) is 0 Å². The summed E-state index contributed by atoms with van der Waals surface area (Å²) in [5.74, 6) is -0.920. The maximum Gasteiger partial charge on any atom is 0.315 e. The summed E-state index contributed by atoms with van der Waals surface area (Å²) in [4.78, 5) is 22.9. The molecule has 4 nitrogen and oxygen atoms in total. The molecule has 1 rings (SSSR count). The van der Waals surface area contributed by atoms with Crippen molar-refractivity contribution in [2.75, 3.05) is 11.9 Å². The van der Waals surface area contributed by atoms with Gasteiger partial charge in [-0.2, -0.15) is 0 Å². The minimum absolute atomic E-state index is 0.286. The van der Waals surface area contributed by atoms with E-state index in [1.165, 1.54) is 0 Å². The van der Waals surface area contributed by atoms with E-state index in [9.17, 15) is 9.59 Å². The molecule has 104 valence electrons. The van der Waals surface area contributed by atoms with Gasteiger partial charge in [0.2, 0.25) is 5.91 Å². The summed E-state index contributed by atoms with van der Waals surface area (Å²) in [6.45, 7) is 2.23. The van der Waals surface area contributed by atoms with E-state index in [-0.39, 0.29) is 6.42 Å². The molecule has 1 aromatic carbocycles. The van der Waals surface area contributed by atoms with Crippen molar-refractivity contribution in [1.82, 2.24) is 0 Å². The highest BCUT2D eigenvalue weighted by atomic mass is 79.9. The van der Waals surface area contributed by atoms with Crippen molar-refractivity contribution in [3.8, 4) is 0 Å². The molecule has 0 atom stereocenters. The van der Waals surface area contributed by atoms with E-state index in [4.69, 9.17) is 4.74 Å². The van der Waals surface area contributed by atoms with Gasteiger partial charge in [0.25, 0.3) is 0 Å². The van der Waals surface area contributed by atoms with Crippen molar-refractivity contribution in [3.05, 3.63) is 25.6 Å². The maximum atomic E-state index is 11.6. The van der Waals surface area contributed by atoms with Gasteiger partial charge in [-0.3, -0.25) is 9.59 Å². The highest BCUT2D eigenvalue weighted by Crippen LogP contribution is 2.34. The van der Waals surface area contributed by atoms with Crippen molar-refractivity contribution in [2.24, 2.45) is 0 Å². The Morgan fingerprint density at radius 3 is 2.32 bits per heavy atom. The molecule has 0 aliphatic heterocycles. The first-order chi connectivity index (χ1) is 8.93. The van der Waals surface area contributed by atoms with Crippen molar-refractivity contribution >= 4 is 65.4 Å². The van der Waals surface area contributed by atoms with E-state index < -0.39 is 11.9 Å². The highest BCUT2D eigenvalue weighted by molar-refractivity contribution is 9.14. The van der Waals surface area contributed by atoms with Crippen molar-refractivity contribution in [3.63, 3.8) is 0 Å². The molecule has 0 aliphatic rings. The van der Waals surface area contributed by atoms with Gasteiger partial charge in [0.05, 0.1) is 6.61 Å². The molecule has 0 saturated heterocycles. The minimum atomic E-state index is -0.519. The molecule has 0 unspecified atom stereocenters. The summed E-state index contributed by atoms with van der Waals surface area (Å²) >= 11 is 10.1. The van der Waals surface area contributed by atoms with Crippen LogP contribution in [0.1, 0.15) is 19.8 Å².